The molecular formula is C16H13BrINO4. The molecule has 0 unspecified atom stereocenters. The molecule has 5 nitrogen and oxygen atoms in total. The first-order valence-corrected chi connectivity index (χ1v) is 8.43. The van der Waals surface area contributed by atoms with Crippen LogP contribution < -0.4 is 10.1 Å². The van der Waals surface area contributed by atoms with Gasteiger partial charge in [-0.25, -0.2) is 4.79 Å². The van der Waals surface area contributed by atoms with Crippen molar-refractivity contribution in [3.63, 3.8) is 0 Å². The number of carbonyl (C=O) groups excluding carboxylic acids is 2. The van der Waals surface area contributed by atoms with Crippen molar-refractivity contribution in [3.05, 3.63) is 56.1 Å². The molecule has 0 atom stereocenters. The second kappa shape index (κ2) is 8.30. The minimum atomic E-state index is -0.436. The van der Waals surface area contributed by atoms with E-state index >= 15 is 0 Å². The molecule has 0 saturated carbocycles. The van der Waals surface area contributed by atoms with Crippen LogP contribution in [0.15, 0.2) is 46.9 Å². The van der Waals surface area contributed by atoms with Gasteiger partial charge in [0.1, 0.15) is 5.75 Å². The highest BCUT2D eigenvalue weighted by atomic mass is 127. The third kappa shape index (κ3) is 5.21. The van der Waals surface area contributed by atoms with Gasteiger partial charge in [-0.15, -0.1) is 0 Å². The lowest BCUT2D eigenvalue weighted by Crippen LogP contribution is -2.20. The molecule has 0 spiro atoms. The number of benzene rings is 2. The minimum Gasteiger partial charge on any atom is -0.483 e. The summed E-state index contributed by atoms with van der Waals surface area (Å²) in [5, 5.41) is 2.75. The minimum absolute atomic E-state index is 0.137. The van der Waals surface area contributed by atoms with E-state index in [0.29, 0.717) is 21.5 Å². The third-order valence-electron chi connectivity index (χ3n) is 2.82. The molecule has 0 fully saturated rings. The monoisotopic (exact) mass is 489 g/mol. The molecule has 2 aromatic rings. The molecule has 0 bridgehead atoms. The summed E-state index contributed by atoms with van der Waals surface area (Å²) in [5.74, 6) is -0.236. The van der Waals surface area contributed by atoms with E-state index in [1.807, 2.05) is 18.2 Å². The summed E-state index contributed by atoms with van der Waals surface area (Å²) in [5.41, 5.74) is 1.11. The van der Waals surface area contributed by atoms with Crippen LogP contribution in [0, 0.1) is 3.57 Å². The third-order valence-corrected chi connectivity index (χ3v) is 4.11. The van der Waals surface area contributed by atoms with E-state index in [0.717, 1.165) is 3.57 Å². The number of methoxy groups -OCH3 is 1. The zero-order valence-electron chi connectivity index (χ0n) is 12.1. The van der Waals surface area contributed by atoms with Crippen molar-refractivity contribution in [2.45, 2.75) is 0 Å². The molecule has 7 heteroatoms. The molecule has 0 aliphatic carbocycles. The number of halogens is 2. The van der Waals surface area contributed by atoms with Crippen molar-refractivity contribution in [3.8, 4) is 5.75 Å². The number of ether oxygens (including phenoxy) is 2. The van der Waals surface area contributed by atoms with Crippen LogP contribution in [0.2, 0.25) is 0 Å². The van der Waals surface area contributed by atoms with Crippen molar-refractivity contribution in [2.24, 2.45) is 0 Å². The molecule has 1 N–H and O–H groups in total. The Balaban J connectivity index is 1.95. The highest BCUT2D eigenvalue weighted by Gasteiger charge is 2.11. The lowest BCUT2D eigenvalue weighted by Gasteiger charge is -2.10. The second-order valence-electron chi connectivity index (χ2n) is 4.48. The summed E-state index contributed by atoms with van der Waals surface area (Å²) in [6.45, 7) is -0.137. The van der Waals surface area contributed by atoms with E-state index < -0.39 is 5.97 Å². The van der Waals surface area contributed by atoms with Crippen LogP contribution in [0.1, 0.15) is 10.4 Å². The van der Waals surface area contributed by atoms with Gasteiger partial charge in [0.15, 0.2) is 6.61 Å². The van der Waals surface area contributed by atoms with Crippen LogP contribution in [0.4, 0.5) is 5.69 Å². The van der Waals surface area contributed by atoms with Gasteiger partial charge in [0, 0.05) is 9.26 Å². The number of anilines is 1. The largest absolute Gasteiger partial charge is 0.483 e. The molecule has 2 rings (SSSR count). The van der Waals surface area contributed by atoms with Crippen molar-refractivity contribution in [2.75, 3.05) is 19.0 Å². The van der Waals surface area contributed by atoms with Crippen LogP contribution in [0.5, 0.6) is 5.75 Å². The molecule has 0 aliphatic rings. The molecule has 0 heterocycles. The van der Waals surface area contributed by atoms with Gasteiger partial charge < -0.3 is 14.8 Å². The molecule has 0 saturated heterocycles. The summed E-state index contributed by atoms with van der Waals surface area (Å²) in [6.07, 6.45) is 0. The molecule has 1 amide bonds. The first-order chi connectivity index (χ1) is 11.0. The topological polar surface area (TPSA) is 64.6 Å². The number of hydrogen-bond donors (Lipinski definition) is 1. The van der Waals surface area contributed by atoms with E-state index in [9.17, 15) is 9.59 Å². The number of nitrogens with one attached hydrogen (secondary N) is 1. The Labute approximate surface area is 155 Å². The summed E-state index contributed by atoms with van der Waals surface area (Å²) in [6, 6.07) is 12.2. The first kappa shape index (κ1) is 17.7. The first-order valence-electron chi connectivity index (χ1n) is 6.55. The predicted octanol–water partition coefficient (Wildman–Crippen LogP) is 3.86. The number of rotatable bonds is 5. The Kier molecular flexibility index (Phi) is 6.40. The van der Waals surface area contributed by atoms with E-state index in [-0.39, 0.29) is 12.5 Å². The van der Waals surface area contributed by atoms with Gasteiger partial charge in [-0.05, 0) is 74.9 Å². The predicted molar refractivity (Wildman–Crippen MR) is 98.8 cm³/mol. The SMILES string of the molecule is COC(=O)c1ccc(OCC(=O)Nc2cccc(I)c2)c(Br)c1. The van der Waals surface area contributed by atoms with Gasteiger partial charge in [-0.1, -0.05) is 6.07 Å². The molecule has 2 aromatic carbocycles. The standard InChI is InChI=1S/C16H13BrINO4/c1-22-16(21)10-5-6-14(13(17)7-10)23-9-15(20)19-12-4-2-3-11(18)8-12/h2-8H,9H2,1H3,(H,19,20). The summed E-state index contributed by atoms with van der Waals surface area (Å²) >= 11 is 5.48. The Morgan fingerprint density at radius 3 is 2.65 bits per heavy atom. The average molecular weight is 490 g/mol. The highest BCUT2D eigenvalue weighted by Crippen LogP contribution is 2.26. The van der Waals surface area contributed by atoms with E-state index in [1.54, 1.807) is 24.3 Å². The van der Waals surface area contributed by atoms with Gasteiger partial charge in [-0.2, -0.15) is 0 Å². The smallest absolute Gasteiger partial charge is 0.337 e. The fourth-order valence-corrected chi connectivity index (χ4v) is 2.81. The highest BCUT2D eigenvalue weighted by molar-refractivity contribution is 14.1. The van der Waals surface area contributed by atoms with Gasteiger partial charge in [-0.3, -0.25) is 4.79 Å². The zero-order valence-corrected chi connectivity index (χ0v) is 15.9. The Morgan fingerprint density at radius 1 is 1.22 bits per heavy atom. The van der Waals surface area contributed by atoms with Crippen LogP contribution in [0.25, 0.3) is 0 Å². The van der Waals surface area contributed by atoms with Crippen molar-refractivity contribution in [1.82, 2.24) is 0 Å². The lowest BCUT2D eigenvalue weighted by molar-refractivity contribution is -0.118. The van der Waals surface area contributed by atoms with Crippen molar-refractivity contribution in [1.29, 1.82) is 0 Å². The normalized spacial score (nSPS) is 10.0. The van der Waals surface area contributed by atoms with E-state index in [1.165, 1.54) is 7.11 Å². The Bertz CT molecular complexity index is 736. The van der Waals surface area contributed by atoms with Crippen molar-refractivity contribution < 1.29 is 19.1 Å². The van der Waals surface area contributed by atoms with Gasteiger partial charge >= 0.3 is 5.97 Å². The summed E-state index contributed by atoms with van der Waals surface area (Å²) < 4.78 is 11.7. The van der Waals surface area contributed by atoms with Gasteiger partial charge in [0.05, 0.1) is 17.1 Å². The second-order valence-corrected chi connectivity index (χ2v) is 6.58. The fourth-order valence-electron chi connectivity index (χ4n) is 1.77. The molecule has 120 valence electrons. The van der Waals surface area contributed by atoms with E-state index in [2.05, 4.69) is 48.6 Å². The lowest BCUT2D eigenvalue weighted by atomic mass is 10.2. The maximum absolute atomic E-state index is 11.9. The average Bonchev–Trinajstić information content (AvgIpc) is 2.53. The van der Waals surface area contributed by atoms with Gasteiger partial charge in [0.25, 0.3) is 5.91 Å². The molecule has 23 heavy (non-hydrogen) atoms. The van der Waals surface area contributed by atoms with E-state index in [4.69, 9.17) is 4.74 Å². The molecule has 0 aliphatic heterocycles. The quantitative estimate of drug-likeness (QED) is 0.511. The van der Waals surface area contributed by atoms with Crippen molar-refractivity contribution >= 4 is 56.1 Å². The molecule has 0 radical (unpaired) electrons. The summed E-state index contributed by atoms with van der Waals surface area (Å²) in [4.78, 5) is 23.3. The maximum atomic E-state index is 11.9. The van der Waals surface area contributed by atoms with Gasteiger partial charge in [0.2, 0.25) is 0 Å². The number of carbonyl (C=O) groups is 2. The fraction of sp³-hybridized carbons (Fsp3) is 0.125. The molecule has 0 aromatic heterocycles. The number of esters is 1. The van der Waals surface area contributed by atoms with Crippen LogP contribution in [-0.2, 0) is 9.53 Å². The van der Waals surface area contributed by atoms with Crippen LogP contribution in [-0.4, -0.2) is 25.6 Å². The maximum Gasteiger partial charge on any atom is 0.337 e. The summed E-state index contributed by atoms with van der Waals surface area (Å²) in [7, 11) is 1.32. The van der Waals surface area contributed by atoms with Crippen LogP contribution in [0.3, 0.4) is 0 Å². The number of hydrogen-bond acceptors (Lipinski definition) is 4. The zero-order chi connectivity index (χ0) is 16.8. The molecular weight excluding hydrogens is 477 g/mol. The Morgan fingerprint density at radius 2 is 2.00 bits per heavy atom. The number of amides is 1. The van der Waals surface area contributed by atoms with Crippen LogP contribution >= 0.6 is 38.5 Å². The Hall–Kier alpha value is -1.61.